The first-order valence-electron chi connectivity index (χ1n) is 4.56. The number of nitrogens with one attached hydrogen (secondary N) is 1. The van der Waals surface area contributed by atoms with Crippen molar-refractivity contribution >= 4 is 23.2 Å². The van der Waals surface area contributed by atoms with E-state index < -0.39 is 5.82 Å². The normalized spacial score (nSPS) is 20.1. The van der Waals surface area contributed by atoms with Gasteiger partial charge in [0.1, 0.15) is 5.82 Å². The lowest BCUT2D eigenvalue weighted by atomic mass is 10.0. The van der Waals surface area contributed by atoms with Gasteiger partial charge in [0.2, 0.25) is 0 Å². The molecule has 1 aliphatic rings. The van der Waals surface area contributed by atoms with Crippen LogP contribution in [-0.2, 0) is 0 Å². The number of hydrogen-bond donors (Lipinski definition) is 2. The Balaban J connectivity index is 2.52. The minimum Gasteiger partial charge on any atom is -0.398 e. The number of likely N-dealkylation sites (N-methyl/N-ethyl adjacent to an activating group) is 1. The molecular weight excluding hydrogens is 215 g/mol. The van der Waals surface area contributed by atoms with Crippen LogP contribution in [0.2, 0.25) is 0 Å². The highest BCUT2D eigenvalue weighted by Crippen LogP contribution is 2.34. The fourth-order valence-corrected chi connectivity index (χ4v) is 2.84. The molecule has 0 saturated heterocycles. The fourth-order valence-electron chi connectivity index (χ4n) is 1.62. The Kier molecular flexibility index (Phi) is 2.67. The number of nitrogens with two attached hydrogens (primary N) is 1. The summed E-state index contributed by atoms with van der Waals surface area (Å²) in [5.41, 5.74) is 6.32. The van der Waals surface area contributed by atoms with Gasteiger partial charge in [0, 0.05) is 16.3 Å². The monoisotopic (exact) mass is 226 g/mol. The average molecular weight is 226 g/mol. The van der Waals surface area contributed by atoms with Crippen LogP contribution in [-0.4, -0.2) is 24.6 Å². The molecular formula is C10H11FN2OS. The molecule has 1 aliphatic heterocycles. The van der Waals surface area contributed by atoms with Crippen LogP contribution in [0.5, 0.6) is 0 Å². The molecule has 0 spiro atoms. The molecule has 1 aromatic rings. The van der Waals surface area contributed by atoms with Gasteiger partial charge in [-0.1, -0.05) is 0 Å². The first-order valence-corrected chi connectivity index (χ1v) is 5.55. The highest BCUT2D eigenvalue weighted by Gasteiger charge is 2.29. The van der Waals surface area contributed by atoms with Crippen LogP contribution in [0, 0.1) is 5.82 Å². The first-order chi connectivity index (χ1) is 7.13. The van der Waals surface area contributed by atoms with Crippen LogP contribution in [0.25, 0.3) is 0 Å². The van der Waals surface area contributed by atoms with E-state index >= 15 is 0 Å². The van der Waals surface area contributed by atoms with Crippen LogP contribution < -0.4 is 11.1 Å². The molecule has 3 N–H and O–H groups in total. The highest BCUT2D eigenvalue weighted by molar-refractivity contribution is 7.99. The molecule has 0 saturated carbocycles. The molecule has 1 atom stereocenters. The van der Waals surface area contributed by atoms with E-state index in [4.69, 9.17) is 5.73 Å². The van der Waals surface area contributed by atoms with E-state index in [1.54, 1.807) is 7.05 Å². The maximum Gasteiger partial charge on any atom is 0.183 e. The van der Waals surface area contributed by atoms with Gasteiger partial charge < -0.3 is 11.1 Å². The molecule has 15 heavy (non-hydrogen) atoms. The molecule has 0 bridgehead atoms. The van der Waals surface area contributed by atoms with Gasteiger partial charge in [-0.25, -0.2) is 4.39 Å². The van der Waals surface area contributed by atoms with E-state index in [9.17, 15) is 9.18 Å². The first kappa shape index (κ1) is 10.4. The van der Waals surface area contributed by atoms with Crippen molar-refractivity contribution in [3.63, 3.8) is 0 Å². The van der Waals surface area contributed by atoms with Crippen LogP contribution in [0.3, 0.4) is 0 Å². The Morgan fingerprint density at radius 3 is 3.00 bits per heavy atom. The number of benzene rings is 1. The zero-order valence-electron chi connectivity index (χ0n) is 8.21. The largest absolute Gasteiger partial charge is 0.398 e. The summed E-state index contributed by atoms with van der Waals surface area (Å²) in [5, 5.41) is 2.92. The van der Waals surface area contributed by atoms with Gasteiger partial charge in [-0.2, -0.15) is 0 Å². The molecule has 0 fully saturated rings. The van der Waals surface area contributed by atoms with Crippen LogP contribution in [0.4, 0.5) is 10.1 Å². The lowest BCUT2D eigenvalue weighted by Gasteiger charge is -2.23. The fraction of sp³-hybridized carbons (Fsp3) is 0.300. The molecule has 1 unspecified atom stereocenters. The Morgan fingerprint density at radius 1 is 1.60 bits per heavy atom. The van der Waals surface area contributed by atoms with Crippen LogP contribution in [0.1, 0.15) is 10.4 Å². The van der Waals surface area contributed by atoms with Gasteiger partial charge in [0.25, 0.3) is 0 Å². The van der Waals surface area contributed by atoms with Gasteiger partial charge in [0.05, 0.1) is 11.6 Å². The number of nitrogen functional groups attached to an aromatic ring is 1. The molecule has 2 rings (SSSR count). The van der Waals surface area contributed by atoms with Crippen molar-refractivity contribution < 1.29 is 9.18 Å². The number of hydrogen-bond acceptors (Lipinski definition) is 4. The lowest BCUT2D eigenvalue weighted by molar-refractivity contribution is 0.0952. The van der Waals surface area contributed by atoms with Crippen molar-refractivity contribution in [1.29, 1.82) is 0 Å². The summed E-state index contributed by atoms with van der Waals surface area (Å²) in [5.74, 6) is 0.170. The standard InChI is InChI=1S/C10H11FN2OS/c1-13-7-4-15-8-3-5(11)2-6(12)9(8)10(7)14/h2-3,7,13H,4,12H2,1H3. The smallest absolute Gasteiger partial charge is 0.183 e. The van der Waals surface area contributed by atoms with Crippen LogP contribution in [0.15, 0.2) is 17.0 Å². The number of rotatable bonds is 1. The van der Waals surface area contributed by atoms with Crippen molar-refractivity contribution in [2.45, 2.75) is 10.9 Å². The summed E-state index contributed by atoms with van der Waals surface area (Å²) in [6.07, 6.45) is 0. The molecule has 80 valence electrons. The predicted molar refractivity (Wildman–Crippen MR) is 58.7 cm³/mol. The third-order valence-electron chi connectivity index (χ3n) is 2.41. The van der Waals surface area contributed by atoms with E-state index in [1.165, 1.54) is 23.9 Å². The number of Topliss-reactive ketones (excluding diaryl/α,β-unsaturated/α-hetero) is 1. The van der Waals surface area contributed by atoms with Crippen LogP contribution >= 0.6 is 11.8 Å². The van der Waals surface area contributed by atoms with E-state index in [2.05, 4.69) is 5.32 Å². The molecule has 3 nitrogen and oxygen atoms in total. The van der Waals surface area contributed by atoms with Gasteiger partial charge >= 0.3 is 0 Å². The topological polar surface area (TPSA) is 55.1 Å². The Bertz CT molecular complexity index is 422. The summed E-state index contributed by atoms with van der Waals surface area (Å²) < 4.78 is 13.0. The van der Waals surface area contributed by atoms with Crippen molar-refractivity contribution in [2.24, 2.45) is 0 Å². The third kappa shape index (κ3) is 1.72. The number of thioether (sulfide) groups is 1. The summed E-state index contributed by atoms with van der Waals surface area (Å²) in [6.45, 7) is 0. The van der Waals surface area contributed by atoms with Crippen molar-refractivity contribution in [3.05, 3.63) is 23.5 Å². The number of fused-ring (bicyclic) bond motifs is 1. The molecule has 0 aliphatic carbocycles. The Morgan fingerprint density at radius 2 is 2.33 bits per heavy atom. The number of halogens is 1. The Hall–Kier alpha value is -1.07. The second-order valence-electron chi connectivity index (χ2n) is 3.38. The van der Waals surface area contributed by atoms with E-state index in [0.717, 1.165) is 0 Å². The predicted octanol–water partition coefficient (Wildman–Crippen LogP) is 1.28. The summed E-state index contributed by atoms with van der Waals surface area (Å²) in [6, 6.07) is 2.32. The average Bonchev–Trinajstić information content (AvgIpc) is 2.17. The second-order valence-corrected chi connectivity index (χ2v) is 4.45. The molecule has 1 heterocycles. The zero-order valence-corrected chi connectivity index (χ0v) is 9.03. The number of carbonyl (C=O) groups excluding carboxylic acids is 1. The number of anilines is 1. The molecule has 5 heteroatoms. The number of ketones is 1. The van der Waals surface area contributed by atoms with E-state index in [-0.39, 0.29) is 17.5 Å². The SMILES string of the molecule is CNC1CSc2cc(F)cc(N)c2C1=O. The minimum absolute atomic E-state index is 0.0521. The maximum atomic E-state index is 13.0. The summed E-state index contributed by atoms with van der Waals surface area (Å²) in [7, 11) is 1.73. The van der Waals surface area contributed by atoms with Crippen molar-refractivity contribution in [1.82, 2.24) is 5.32 Å². The summed E-state index contributed by atoms with van der Waals surface area (Å²) >= 11 is 1.45. The quantitative estimate of drug-likeness (QED) is 0.708. The van der Waals surface area contributed by atoms with Gasteiger partial charge in [-0.3, -0.25) is 4.79 Å². The maximum absolute atomic E-state index is 13.0. The second kappa shape index (κ2) is 3.83. The van der Waals surface area contributed by atoms with Crippen molar-refractivity contribution in [3.8, 4) is 0 Å². The molecule has 0 amide bonds. The molecule has 1 aromatic carbocycles. The van der Waals surface area contributed by atoms with Gasteiger partial charge in [-0.05, 0) is 19.2 Å². The molecule has 0 aromatic heterocycles. The zero-order chi connectivity index (χ0) is 11.0. The van der Waals surface area contributed by atoms with Gasteiger partial charge in [0.15, 0.2) is 5.78 Å². The summed E-state index contributed by atoms with van der Waals surface area (Å²) in [4.78, 5) is 12.5. The lowest BCUT2D eigenvalue weighted by Crippen LogP contribution is -2.39. The molecule has 0 radical (unpaired) electrons. The highest BCUT2D eigenvalue weighted by atomic mass is 32.2. The minimum atomic E-state index is -0.394. The van der Waals surface area contributed by atoms with E-state index in [1.807, 2.05) is 0 Å². The van der Waals surface area contributed by atoms with E-state index in [0.29, 0.717) is 16.2 Å². The number of carbonyl (C=O) groups is 1. The Labute approximate surface area is 91.2 Å². The third-order valence-corrected chi connectivity index (χ3v) is 3.55. The van der Waals surface area contributed by atoms with Gasteiger partial charge in [-0.15, -0.1) is 11.8 Å². The van der Waals surface area contributed by atoms with Crippen molar-refractivity contribution in [2.75, 3.05) is 18.5 Å².